The van der Waals surface area contributed by atoms with Crippen molar-refractivity contribution in [1.82, 2.24) is 29.8 Å². The van der Waals surface area contributed by atoms with Crippen molar-refractivity contribution in [3.05, 3.63) is 53.2 Å². The van der Waals surface area contributed by atoms with Crippen LogP contribution in [0.1, 0.15) is 9.67 Å². The summed E-state index contributed by atoms with van der Waals surface area (Å²) < 4.78 is 38.7. The average Bonchev–Trinajstić information content (AvgIpc) is 3.49. The highest BCUT2D eigenvalue weighted by Crippen LogP contribution is 2.30. The Kier molecular flexibility index (Phi) is 6.15. The predicted octanol–water partition coefficient (Wildman–Crippen LogP) is 3.56. The van der Waals surface area contributed by atoms with Gasteiger partial charge in [-0.2, -0.15) is 18.3 Å². The van der Waals surface area contributed by atoms with Crippen molar-refractivity contribution < 1.29 is 18.0 Å². The van der Waals surface area contributed by atoms with Crippen LogP contribution in [0.15, 0.2) is 48.4 Å². The van der Waals surface area contributed by atoms with Crippen LogP contribution in [0.25, 0.3) is 27.9 Å². The number of amides is 1. The molecule has 8 nitrogen and oxygen atoms in total. The van der Waals surface area contributed by atoms with E-state index < -0.39 is 18.6 Å². The van der Waals surface area contributed by atoms with Crippen molar-refractivity contribution in [3.63, 3.8) is 0 Å². The molecule has 1 saturated heterocycles. The highest BCUT2D eigenvalue weighted by Gasteiger charge is 2.28. The first kappa shape index (κ1) is 23.2. The molecule has 0 radical (unpaired) electrons. The van der Waals surface area contributed by atoms with E-state index in [-0.39, 0.29) is 4.88 Å². The summed E-state index contributed by atoms with van der Waals surface area (Å²) in [6, 6.07) is 5.57. The highest BCUT2D eigenvalue weighted by molar-refractivity contribution is 7.12. The lowest BCUT2D eigenvalue weighted by atomic mass is 10.1. The molecule has 1 N–H and O–H groups in total. The molecule has 182 valence electrons. The Balaban J connectivity index is 1.33. The third-order valence-electron chi connectivity index (χ3n) is 5.85. The van der Waals surface area contributed by atoms with E-state index in [0.717, 1.165) is 54.5 Å². The molecule has 1 fully saturated rings. The maximum absolute atomic E-state index is 12.4. The number of piperazine rings is 1. The maximum Gasteiger partial charge on any atom is 0.405 e. The van der Waals surface area contributed by atoms with Gasteiger partial charge in [-0.05, 0) is 36.2 Å². The first-order valence-corrected chi connectivity index (χ1v) is 11.8. The number of fused-ring (bicyclic) bond motifs is 1. The monoisotopic (exact) mass is 501 g/mol. The Morgan fingerprint density at radius 2 is 1.83 bits per heavy atom. The highest BCUT2D eigenvalue weighted by atomic mass is 32.1. The second-order valence-corrected chi connectivity index (χ2v) is 9.27. The number of pyridine rings is 1. The molecular formula is C23H22F3N7OS. The van der Waals surface area contributed by atoms with E-state index in [1.165, 1.54) is 0 Å². The number of nitrogens with zero attached hydrogens (tertiary/aromatic N) is 6. The summed E-state index contributed by atoms with van der Waals surface area (Å²) in [7, 11) is 2.12. The summed E-state index contributed by atoms with van der Waals surface area (Å²) in [6.45, 7) is 2.54. The maximum atomic E-state index is 12.4. The van der Waals surface area contributed by atoms with E-state index in [1.807, 2.05) is 29.8 Å². The number of likely N-dealkylation sites (N-methyl/N-ethyl adjacent to an activating group) is 1. The van der Waals surface area contributed by atoms with Crippen molar-refractivity contribution in [3.8, 4) is 22.3 Å². The predicted molar refractivity (Wildman–Crippen MR) is 128 cm³/mol. The van der Waals surface area contributed by atoms with Gasteiger partial charge in [-0.3, -0.25) is 4.79 Å². The normalized spacial score (nSPS) is 15.0. The number of rotatable bonds is 5. The van der Waals surface area contributed by atoms with Gasteiger partial charge < -0.3 is 15.1 Å². The number of alkyl halides is 3. The van der Waals surface area contributed by atoms with Crippen LogP contribution in [0, 0.1) is 0 Å². The molecule has 0 unspecified atom stereocenters. The fourth-order valence-corrected chi connectivity index (χ4v) is 4.69. The second-order valence-electron chi connectivity index (χ2n) is 8.36. The van der Waals surface area contributed by atoms with Crippen molar-refractivity contribution >= 4 is 28.7 Å². The Morgan fingerprint density at radius 1 is 1.06 bits per heavy atom. The molecule has 0 aromatic carbocycles. The van der Waals surface area contributed by atoms with Gasteiger partial charge in [0.25, 0.3) is 5.91 Å². The first-order valence-electron chi connectivity index (χ1n) is 10.9. The molecule has 1 aliphatic heterocycles. The first-order chi connectivity index (χ1) is 16.8. The van der Waals surface area contributed by atoms with Crippen LogP contribution in [0.2, 0.25) is 0 Å². The van der Waals surface area contributed by atoms with Crippen LogP contribution in [0.5, 0.6) is 0 Å². The third kappa shape index (κ3) is 5.13. The van der Waals surface area contributed by atoms with Gasteiger partial charge in [-0.15, -0.1) is 11.3 Å². The van der Waals surface area contributed by atoms with E-state index in [1.54, 1.807) is 28.4 Å². The fraction of sp³-hybridized carbons (Fsp3) is 0.304. The van der Waals surface area contributed by atoms with Crippen LogP contribution in [-0.4, -0.2) is 76.3 Å². The number of carbonyl (C=O) groups excluding carboxylic acids is 1. The standard InChI is InChI=1S/C23H22F3N7OS/c1-31-4-6-32(7-5-31)20-3-2-15(9-27-20)17-10-28-21-18(11-30-33(21)12-17)16-8-19(35-13-16)22(34)29-14-23(24,25)26/h2-3,8-13H,4-7,14H2,1H3,(H,29,34). The zero-order valence-corrected chi connectivity index (χ0v) is 19.6. The summed E-state index contributed by atoms with van der Waals surface area (Å²) in [6.07, 6.45) is 2.57. The molecule has 4 aromatic rings. The summed E-state index contributed by atoms with van der Waals surface area (Å²) in [5, 5.41) is 7.97. The van der Waals surface area contributed by atoms with E-state index in [4.69, 9.17) is 0 Å². The minimum absolute atomic E-state index is 0.187. The van der Waals surface area contributed by atoms with Gasteiger partial charge in [-0.25, -0.2) is 14.5 Å². The van der Waals surface area contributed by atoms with Crippen molar-refractivity contribution in [1.29, 1.82) is 0 Å². The molecule has 0 spiro atoms. The molecule has 0 bridgehead atoms. The van der Waals surface area contributed by atoms with E-state index >= 15 is 0 Å². The van der Waals surface area contributed by atoms with Gasteiger partial charge >= 0.3 is 6.18 Å². The lowest BCUT2D eigenvalue weighted by Crippen LogP contribution is -2.44. The van der Waals surface area contributed by atoms with Crippen LogP contribution in [0.4, 0.5) is 19.0 Å². The van der Waals surface area contributed by atoms with Gasteiger partial charge in [-0.1, -0.05) is 0 Å². The molecule has 4 aromatic heterocycles. The van der Waals surface area contributed by atoms with E-state index in [9.17, 15) is 18.0 Å². The number of halogens is 3. The van der Waals surface area contributed by atoms with Gasteiger partial charge in [0.05, 0.1) is 11.1 Å². The van der Waals surface area contributed by atoms with E-state index in [2.05, 4.69) is 31.9 Å². The zero-order valence-electron chi connectivity index (χ0n) is 18.8. The van der Waals surface area contributed by atoms with Gasteiger partial charge in [0.2, 0.25) is 0 Å². The van der Waals surface area contributed by atoms with Crippen LogP contribution in [-0.2, 0) is 0 Å². The summed E-state index contributed by atoms with van der Waals surface area (Å²) >= 11 is 1.07. The average molecular weight is 502 g/mol. The van der Waals surface area contributed by atoms with Gasteiger partial charge in [0, 0.05) is 61.5 Å². The quantitative estimate of drug-likeness (QED) is 0.451. The number of nitrogens with one attached hydrogen (secondary N) is 1. The smallest absolute Gasteiger partial charge is 0.354 e. The fourth-order valence-electron chi connectivity index (χ4n) is 3.87. The van der Waals surface area contributed by atoms with E-state index in [0.29, 0.717) is 16.8 Å². The molecule has 35 heavy (non-hydrogen) atoms. The summed E-state index contributed by atoms with van der Waals surface area (Å²) in [5.41, 5.74) is 3.69. The second kappa shape index (κ2) is 9.27. The Bertz CT molecular complexity index is 1340. The lowest BCUT2D eigenvalue weighted by Gasteiger charge is -2.33. The Hall–Kier alpha value is -3.51. The Labute approximate surface area is 203 Å². The van der Waals surface area contributed by atoms with Crippen molar-refractivity contribution in [2.75, 3.05) is 44.7 Å². The van der Waals surface area contributed by atoms with Crippen LogP contribution >= 0.6 is 11.3 Å². The molecule has 0 aliphatic carbocycles. The number of hydrogen-bond acceptors (Lipinski definition) is 7. The topological polar surface area (TPSA) is 78.7 Å². The lowest BCUT2D eigenvalue weighted by molar-refractivity contribution is -0.123. The molecule has 1 aliphatic rings. The number of aromatic nitrogens is 4. The summed E-state index contributed by atoms with van der Waals surface area (Å²) in [4.78, 5) is 26.0. The number of carbonyl (C=O) groups is 1. The molecule has 0 saturated carbocycles. The summed E-state index contributed by atoms with van der Waals surface area (Å²) in [5.74, 6) is 0.183. The molecule has 12 heteroatoms. The third-order valence-corrected chi connectivity index (χ3v) is 6.78. The minimum Gasteiger partial charge on any atom is -0.354 e. The molecule has 5 rings (SSSR count). The van der Waals surface area contributed by atoms with Crippen LogP contribution in [0.3, 0.4) is 0 Å². The number of hydrogen-bond donors (Lipinski definition) is 1. The number of thiophene rings is 1. The van der Waals surface area contributed by atoms with Crippen molar-refractivity contribution in [2.24, 2.45) is 0 Å². The molecule has 0 atom stereocenters. The Morgan fingerprint density at radius 3 is 2.54 bits per heavy atom. The SMILES string of the molecule is CN1CCN(c2ccc(-c3cnc4c(-c5csc(C(=O)NCC(F)(F)F)c5)cnn4c3)cn2)CC1. The van der Waals surface area contributed by atoms with Crippen molar-refractivity contribution in [2.45, 2.75) is 6.18 Å². The zero-order chi connectivity index (χ0) is 24.6. The van der Waals surface area contributed by atoms with Crippen LogP contribution < -0.4 is 10.2 Å². The van der Waals surface area contributed by atoms with Gasteiger partial charge in [0.15, 0.2) is 5.65 Å². The molecule has 5 heterocycles. The largest absolute Gasteiger partial charge is 0.405 e. The van der Waals surface area contributed by atoms with Gasteiger partial charge in [0.1, 0.15) is 12.4 Å². The minimum atomic E-state index is -4.46. The number of anilines is 1. The molecular weight excluding hydrogens is 479 g/mol. The molecule has 1 amide bonds.